The number of benzene rings is 2. The highest BCUT2D eigenvalue weighted by Crippen LogP contribution is 2.30. The molecule has 75 heavy (non-hydrogen) atoms. The van der Waals surface area contributed by atoms with E-state index in [0.717, 1.165) is 179 Å². The summed E-state index contributed by atoms with van der Waals surface area (Å²) in [4.78, 5) is 69.1. The van der Waals surface area contributed by atoms with Crippen LogP contribution in [-0.2, 0) is 19.1 Å². The monoisotopic (exact) mass is 1070 g/mol. The summed E-state index contributed by atoms with van der Waals surface area (Å²) in [5.41, 5.74) is -0.853. The van der Waals surface area contributed by atoms with Gasteiger partial charge >= 0.3 is 17.9 Å². The van der Waals surface area contributed by atoms with Crippen LogP contribution in [-0.4, -0.2) is 105 Å². The second-order valence-electron chi connectivity index (χ2n) is 20.1. The number of hydrogen-bond donors (Lipinski definition) is 2. The van der Waals surface area contributed by atoms with Crippen molar-refractivity contribution >= 4 is 29.7 Å². The molecule has 0 heterocycles. The largest absolute Gasteiger partial charge is 0.462 e. The third-order valence-electron chi connectivity index (χ3n) is 13.3. The molecule has 0 bridgehead atoms. The maximum Gasteiger partial charge on any atom is 0.343 e. The molecule has 0 saturated heterocycles. The predicted molar refractivity (Wildman–Crippen MR) is 284 cm³/mol. The van der Waals surface area contributed by atoms with Gasteiger partial charge in [0.25, 0.3) is 11.8 Å². The first-order valence-corrected chi connectivity index (χ1v) is 28.3. The van der Waals surface area contributed by atoms with Crippen molar-refractivity contribution in [2.45, 2.75) is 213 Å². The quantitative estimate of drug-likeness (QED) is 0.0164. The maximum atomic E-state index is 14.5. The fourth-order valence-electron chi connectivity index (χ4n) is 8.68. The molecule has 2 aromatic rings. The average Bonchev–Trinajstić information content (AvgIpc) is 3.39. The summed E-state index contributed by atoms with van der Waals surface area (Å²) < 4.78 is 86.5. The molecule has 0 aliphatic rings. The van der Waals surface area contributed by atoms with Crippen LogP contribution in [0.25, 0.3) is 0 Å². The van der Waals surface area contributed by atoms with Crippen LogP contribution in [0.3, 0.4) is 0 Å². The normalized spacial score (nSPS) is 12.2. The first-order valence-electron chi connectivity index (χ1n) is 28.3. The Bertz CT molecular complexity index is 1910. The van der Waals surface area contributed by atoms with Gasteiger partial charge in [-0.25, -0.2) is 18.0 Å². The molecule has 2 atom stereocenters. The zero-order chi connectivity index (χ0) is 55.4. The minimum atomic E-state index is -2.43. The number of carbonyl (C=O) groups is 5. The molecular formula is C58H91F5N4O8. The Morgan fingerprint density at radius 1 is 0.467 bits per heavy atom. The van der Waals surface area contributed by atoms with Gasteiger partial charge in [0.05, 0.1) is 5.56 Å². The Balaban J connectivity index is 1.99. The smallest absolute Gasteiger partial charge is 0.343 e. The molecule has 426 valence electrons. The Morgan fingerprint density at radius 3 is 1.28 bits per heavy atom. The zero-order valence-electron chi connectivity index (χ0n) is 46.3. The first kappa shape index (κ1) is 66.5. The molecule has 17 heteroatoms. The van der Waals surface area contributed by atoms with E-state index in [1.807, 2.05) is 19.0 Å². The van der Waals surface area contributed by atoms with Crippen molar-refractivity contribution in [2.24, 2.45) is 0 Å². The minimum Gasteiger partial charge on any atom is -0.462 e. The lowest BCUT2D eigenvalue weighted by Gasteiger charge is -2.22. The predicted octanol–water partition coefficient (Wildman–Crippen LogP) is 13.4. The number of carbonyl (C=O) groups excluding carboxylic acids is 5. The molecule has 0 fully saturated rings. The summed E-state index contributed by atoms with van der Waals surface area (Å²) in [6, 6.07) is 3.27. The van der Waals surface area contributed by atoms with E-state index in [9.17, 15) is 45.9 Å². The molecule has 2 unspecified atom stereocenters. The van der Waals surface area contributed by atoms with E-state index in [1.165, 1.54) is 6.07 Å². The van der Waals surface area contributed by atoms with Gasteiger partial charge in [-0.2, -0.15) is 8.78 Å². The lowest BCUT2D eigenvalue weighted by atomic mass is 10.0. The Morgan fingerprint density at radius 2 is 0.853 bits per heavy atom. The molecule has 2 amide bonds. The molecule has 2 aromatic carbocycles. The van der Waals surface area contributed by atoms with E-state index in [4.69, 9.17) is 9.47 Å². The second kappa shape index (κ2) is 39.7. The topological polar surface area (TPSA) is 144 Å². The maximum absolute atomic E-state index is 14.5. The van der Waals surface area contributed by atoms with Crippen LogP contribution < -0.4 is 15.4 Å². The van der Waals surface area contributed by atoms with Gasteiger partial charge in [0, 0.05) is 37.1 Å². The van der Waals surface area contributed by atoms with Crippen molar-refractivity contribution < 1.29 is 60.1 Å². The van der Waals surface area contributed by atoms with E-state index >= 15 is 0 Å². The number of amides is 2. The van der Waals surface area contributed by atoms with Crippen LogP contribution in [0.15, 0.2) is 18.2 Å². The third-order valence-corrected chi connectivity index (χ3v) is 13.3. The fraction of sp³-hybridized carbons (Fsp3) is 0.707. The van der Waals surface area contributed by atoms with Gasteiger partial charge in [-0.1, -0.05) is 105 Å². The highest BCUT2D eigenvalue weighted by atomic mass is 19.2. The molecule has 12 nitrogen and oxygen atoms in total. The molecule has 0 aliphatic heterocycles. The van der Waals surface area contributed by atoms with E-state index < -0.39 is 58.2 Å². The molecule has 2 rings (SSSR count). The summed E-state index contributed by atoms with van der Waals surface area (Å²) in [6.07, 6.45) is 25.2. The molecule has 0 radical (unpaired) electrons. The average molecular weight is 1070 g/mol. The first-order chi connectivity index (χ1) is 36.1. The Kier molecular flexibility index (Phi) is 35.2. The van der Waals surface area contributed by atoms with Gasteiger partial charge in [0.2, 0.25) is 34.8 Å². The summed E-state index contributed by atoms with van der Waals surface area (Å²) >= 11 is 0. The van der Waals surface area contributed by atoms with Crippen LogP contribution in [0.1, 0.15) is 232 Å². The third kappa shape index (κ3) is 27.8. The van der Waals surface area contributed by atoms with Crippen LogP contribution >= 0.6 is 0 Å². The van der Waals surface area contributed by atoms with E-state index in [-0.39, 0.29) is 48.4 Å². The molecule has 0 aromatic heterocycles. The Labute approximate surface area is 445 Å². The lowest BCUT2D eigenvalue weighted by Crippen LogP contribution is -2.30. The van der Waals surface area contributed by atoms with Crippen molar-refractivity contribution in [3.05, 3.63) is 64.0 Å². The number of ether oxygens (including phenoxy) is 3. The SMILES string of the molecule is CCCCCC(CC)OC(=O)CCCCCCCCN(CCCCCCCCC(=O)OC(CC)CCCCC)CCCCNC(=O)c1cc(C(=O)NCCCN(C)C)cc(C(=O)Oc2c(F)c(F)c(F)c(F)c2F)c1. The van der Waals surface area contributed by atoms with Gasteiger partial charge in [-0.15, -0.1) is 0 Å². The van der Waals surface area contributed by atoms with Gasteiger partial charge in [0.15, 0.2) is 0 Å². The number of nitrogens with one attached hydrogen (secondary N) is 2. The number of rotatable bonds is 43. The highest BCUT2D eigenvalue weighted by Gasteiger charge is 2.30. The van der Waals surface area contributed by atoms with Gasteiger partial charge in [0.1, 0.15) is 12.2 Å². The van der Waals surface area contributed by atoms with Crippen molar-refractivity contribution in [3.63, 3.8) is 0 Å². The van der Waals surface area contributed by atoms with Crippen molar-refractivity contribution in [3.8, 4) is 5.75 Å². The lowest BCUT2D eigenvalue weighted by molar-refractivity contribution is -0.150. The van der Waals surface area contributed by atoms with Crippen LogP contribution in [0.5, 0.6) is 5.75 Å². The van der Waals surface area contributed by atoms with Crippen molar-refractivity contribution in [2.75, 3.05) is 53.4 Å². The summed E-state index contributed by atoms with van der Waals surface area (Å²) in [7, 11) is 3.72. The molecule has 2 N–H and O–H groups in total. The minimum absolute atomic E-state index is 0.0128. The van der Waals surface area contributed by atoms with Crippen molar-refractivity contribution in [1.82, 2.24) is 20.4 Å². The summed E-state index contributed by atoms with van der Waals surface area (Å²) in [6.45, 7) is 12.2. The number of esters is 3. The Hall–Kier alpha value is -4.64. The number of unbranched alkanes of at least 4 members (excludes halogenated alkanes) is 15. The van der Waals surface area contributed by atoms with Crippen LogP contribution in [0, 0.1) is 29.1 Å². The van der Waals surface area contributed by atoms with Gasteiger partial charge in [-0.05, 0) is 142 Å². The molecule has 0 spiro atoms. The highest BCUT2D eigenvalue weighted by molar-refractivity contribution is 6.03. The van der Waals surface area contributed by atoms with E-state index in [2.05, 4.69) is 48.0 Å². The van der Waals surface area contributed by atoms with E-state index in [1.54, 1.807) is 0 Å². The number of hydrogen-bond acceptors (Lipinski definition) is 10. The number of nitrogens with zero attached hydrogens (tertiary/aromatic N) is 2. The molecule has 0 aliphatic carbocycles. The second-order valence-corrected chi connectivity index (χ2v) is 20.1. The molecular weight excluding hydrogens is 976 g/mol. The van der Waals surface area contributed by atoms with Gasteiger partial charge < -0.3 is 34.6 Å². The number of halogens is 5. The zero-order valence-corrected chi connectivity index (χ0v) is 46.3. The van der Waals surface area contributed by atoms with Gasteiger partial charge in [-0.3, -0.25) is 19.2 Å². The van der Waals surface area contributed by atoms with E-state index in [0.29, 0.717) is 32.2 Å². The summed E-state index contributed by atoms with van der Waals surface area (Å²) in [5, 5.41) is 5.50. The van der Waals surface area contributed by atoms with Crippen molar-refractivity contribution in [1.29, 1.82) is 0 Å². The summed E-state index contributed by atoms with van der Waals surface area (Å²) in [5.74, 6) is -16.6. The molecule has 0 saturated carbocycles. The van der Waals surface area contributed by atoms with Crippen LogP contribution in [0.2, 0.25) is 0 Å². The van der Waals surface area contributed by atoms with Crippen LogP contribution in [0.4, 0.5) is 22.0 Å². The fourth-order valence-corrected chi connectivity index (χ4v) is 8.68. The standard InChI is InChI=1S/C58H91F5N4O8/c1-7-11-21-30-46(9-3)73-48(68)32-23-17-13-15-19-26-37-67(38-27-20-16-14-18-24-33-49(69)74-47(10-4)31-22-12-8-2)39-28-25-34-64-56(70)43-40-44(57(71)65-35-29-36-66(5)6)42-45(41-43)58(72)75-55-53(62)51(60)50(59)52(61)54(55)63/h40-42,46-47H,7-39H2,1-6H3,(H,64,70)(H,65,71).